The van der Waals surface area contributed by atoms with Crippen molar-refractivity contribution in [1.82, 2.24) is 9.88 Å². The highest BCUT2D eigenvalue weighted by Gasteiger charge is 2.33. The number of ether oxygens (including phenoxy) is 3. The van der Waals surface area contributed by atoms with E-state index in [4.69, 9.17) is 18.6 Å². The Bertz CT molecular complexity index is 1330. The van der Waals surface area contributed by atoms with Crippen molar-refractivity contribution in [2.75, 3.05) is 40.0 Å². The molecule has 0 radical (unpaired) electrons. The minimum Gasteiger partial charge on any atom is -0.507 e. The highest BCUT2D eigenvalue weighted by atomic mass is 16.5. The first-order chi connectivity index (χ1) is 16.6. The number of hydrogen-bond donors (Lipinski definition) is 1. The number of pyridine rings is 1. The summed E-state index contributed by atoms with van der Waals surface area (Å²) in [6, 6.07) is 8.90. The third-order valence-electron chi connectivity index (χ3n) is 6.24. The number of phenols is 1. The van der Waals surface area contributed by atoms with Gasteiger partial charge >= 0.3 is 5.97 Å². The zero-order chi connectivity index (χ0) is 23.7. The lowest BCUT2D eigenvalue weighted by Crippen LogP contribution is -2.39. The van der Waals surface area contributed by atoms with Gasteiger partial charge in [-0.1, -0.05) is 0 Å². The molecule has 0 aliphatic carbocycles. The first kappa shape index (κ1) is 22.2. The van der Waals surface area contributed by atoms with Gasteiger partial charge in [0.2, 0.25) is 0 Å². The molecule has 4 aromatic rings. The van der Waals surface area contributed by atoms with E-state index in [-0.39, 0.29) is 24.0 Å². The van der Waals surface area contributed by atoms with E-state index in [1.54, 1.807) is 38.6 Å². The second-order valence-electron chi connectivity index (χ2n) is 8.08. The van der Waals surface area contributed by atoms with Crippen LogP contribution in [0.1, 0.15) is 34.5 Å². The summed E-state index contributed by atoms with van der Waals surface area (Å²) in [4.78, 5) is 19.4. The molecule has 1 N–H and O–H groups in total. The number of rotatable bonds is 6. The monoisotopic (exact) mass is 462 g/mol. The van der Waals surface area contributed by atoms with E-state index in [1.165, 1.54) is 6.26 Å². The number of carbonyl (C=O) groups is 1. The molecule has 3 heterocycles. The standard InChI is InChI=1S/C26H26N2O6/c1-3-33-26(30)20-15-34-25-19-14-17(31-2)4-5-18(19)24(29)22(21(20)25)23(16-6-8-27-9-7-16)28-10-12-32-13-11-28/h4-9,14-15,23,29H,3,10-13H2,1-2H3. The van der Waals surface area contributed by atoms with E-state index < -0.39 is 5.97 Å². The largest absolute Gasteiger partial charge is 0.507 e. The van der Waals surface area contributed by atoms with Crippen molar-refractivity contribution in [2.24, 2.45) is 0 Å². The first-order valence-corrected chi connectivity index (χ1v) is 11.3. The van der Waals surface area contributed by atoms with Gasteiger partial charge in [-0.3, -0.25) is 9.88 Å². The van der Waals surface area contributed by atoms with E-state index >= 15 is 0 Å². The van der Waals surface area contributed by atoms with Crippen molar-refractivity contribution >= 4 is 27.7 Å². The van der Waals surface area contributed by atoms with Crippen molar-refractivity contribution in [3.05, 3.63) is 65.7 Å². The van der Waals surface area contributed by atoms with Crippen molar-refractivity contribution in [3.63, 3.8) is 0 Å². The summed E-state index contributed by atoms with van der Waals surface area (Å²) in [5.74, 6) is 0.207. The van der Waals surface area contributed by atoms with Crippen LogP contribution in [0.5, 0.6) is 11.5 Å². The summed E-state index contributed by atoms with van der Waals surface area (Å²) in [5.41, 5.74) is 2.31. The number of esters is 1. The molecule has 176 valence electrons. The second-order valence-corrected chi connectivity index (χ2v) is 8.08. The number of aromatic nitrogens is 1. The van der Waals surface area contributed by atoms with E-state index in [0.717, 1.165) is 5.56 Å². The number of furan rings is 1. The fraction of sp³-hybridized carbons (Fsp3) is 0.308. The van der Waals surface area contributed by atoms with Gasteiger partial charge in [-0.25, -0.2) is 4.79 Å². The lowest BCUT2D eigenvalue weighted by atomic mass is 9.89. The van der Waals surface area contributed by atoms with Crippen LogP contribution in [0.25, 0.3) is 21.7 Å². The van der Waals surface area contributed by atoms with Gasteiger partial charge in [-0.05, 0) is 42.8 Å². The predicted octanol–water partition coefficient (Wildman–Crippen LogP) is 4.29. The van der Waals surface area contributed by atoms with Gasteiger partial charge < -0.3 is 23.7 Å². The van der Waals surface area contributed by atoms with Crippen LogP contribution in [0.15, 0.2) is 53.4 Å². The molecule has 0 amide bonds. The Morgan fingerprint density at radius 1 is 1.18 bits per heavy atom. The van der Waals surface area contributed by atoms with Gasteiger partial charge in [-0.2, -0.15) is 0 Å². The van der Waals surface area contributed by atoms with Gasteiger partial charge in [0.1, 0.15) is 28.9 Å². The summed E-state index contributed by atoms with van der Waals surface area (Å²) in [6.45, 7) is 4.47. The summed E-state index contributed by atoms with van der Waals surface area (Å²) in [5, 5.41) is 13.5. The summed E-state index contributed by atoms with van der Waals surface area (Å²) < 4.78 is 22.3. The summed E-state index contributed by atoms with van der Waals surface area (Å²) >= 11 is 0. The number of hydrogen-bond acceptors (Lipinski definition) is 8. The van der Waals surface area contributed by atoms with Gasteiger partial charge in [0.15, 0.2) is 0 Å². The summed E-state index contributed by atoms with van der Waals surface area (Å²) in [6.07, 6.45) is 4.86. The average Bonchev–Trinajstić information content (AvgIpc) is 3.32. The smallest absolute Gasteiger partial charge is 0.342 e. The van der Waals surface area contributed by atoms with Crippen LogP contribution in [-0.2, 0) is 9.47 Å². The van der Waals surface area contributed by atoms with Crippen molar-refractivity contribution in [3.8, 4) is 11.5 Å². The second kappa shape index (κ2) is 9.32. The zero-order valence-corrected chi connectivity index (χ0v) is 19.1. The molecule has 8 nitrogen and oxygen atoms in total. The number of aromatic hydroxyl groups is 1. The minimum atomic E-state index is -0.500. The molecule has 1 fully saturated rings. The predicted molar refractivity (Wildman–Crippen MR) is 126 cm³/mol. The molecule has 34 heavy (non-hydrogen) atoms. The molecular formula is C26H26N2O6. The lowest BCUT2D eigenvalue weighted by molar-refractivity contribution is 0.0238. The van der Waals surface area contributed by atoms with Crippen LogP contribution in [0.2, 0.25) is 0 Å². The van der Waals surface area contributed by atoms with Crippen LogP contribution in [0.3, 0.4) is 0 Å². The Labute approximate surface area is 196 Å². The number of morpholine rings is 1. The molecule has 0 bridgehead atoms. The average molecular weight is 463 g/mol. The molecular weight excluding hydrogens is 436 g/mol. The van der Waals surface area contributed by atoms with E-state index in [2.05, 4.69) is 9.88 Å². The Kier molecular flexibility index (Phi) is 6.08. The molecule has 1 unspecified atom stereocenters. The third-order valence-corrected chi connectivity index (χ3v) is 6.24. The first-order valence-electron chi connectivity index (χ1n) is 11.3. The maximum atomic E-state index is 12.9. The fourth-order valence-corrected chi connectivity index (χ4v) is 4.70. The molecule has 1 aliphatic rings. The molecule has 1 atom stereocenters. The molecule has 5 rings (SSSR count). The molecule has 2 aromatic carbocycles. The molecule has 1 aliphatic heterocycles. The number of benzene rings is 2. The lowest BCUT2D eigenvalue weighted by Gasteiger charge is -2.36. The molecule has 1 saturated heterocycles. The van der Waals surface area contributed by atoms with Crippen molar-refractivity contribution in [1.29, 1.82) is 0 Å². The normalized spacial score (nSPS) is 15.5. The van der Waals surface area contributed by atoms with E-state index in [9.17, 15) is 9.90 Å². The van der Waals surface area contributed by atoms with E-state index in [1.807, 2.05) is 18.2 Å². The Balaban J connectivity index is 1.87. The Morgan fingerprint density at radius 3 is 2.65 bits per heavy atom. The van der Waals surface area contributed by atoms with Crippen LogP contribution >= 0.6 is 0 Å². The van der Waals surface area contributed by atoms with Gasteiger partial charge in [0.05, 0.1) is 33.0 Å². The maximum absolute atomic E-state index is 12.9. The Morgan fingerprint density at radius 2 is 1.94 bits per heavy atom. The summed E-state index contributed by atoms with van der Waals surface area (Å²) in [7, 11) is 1.58. The third kappa shape index (κ3) is 3.74. The van der Waals surface area contributed by atoms with Crippen LogP contribution in [-0.4, -0.2) is 61.0 Å². The molecule has 2 aromatic heterocycles. The van der Waals surface area contributed by atoms with Gasteiger partial charge in [0.25, 0.3) is 0 Å². The van der Waals surface area contributed by atoms with Crippen molar-refractivity contribution < 1.29 is 28.5 Å². The SMILES string of the molecule is CCOC(=O)c1coc2c1c(C(c1ccncc1)N1CCOCC1)c(O)c1ccc(OC)cc12. The van der Waals surface area contributed by atoms with Crippen LogP contribution in [0, 0.1) is 0 Å². The number of carbonyl (C=O) groups excluding carboxylic acids is 1. The Hall–Kier alpha value is -3.62. The molecule has 8 heteroatoms. The maximum Gasteiger partial charge on any atom is 0.342 e. The zero-order valence-electron chi connectivity index (χ0n) is 19.1. The molecule has 0 saturated carbocycles. The highest BCUT2D eigenvalue weighted by Crippen LogP contribution is 2.47. The quantitative estimate of drug-likeness (QED) is 0.424. The highest BCUT2D eigenvalue weighted by molar-refractivity contribution is 6.16. The van der Waals surface area contributed by atoms with Crippen LogP contribution in [0.4, 0.5) is 0 Å². The fourth-order valence-electron chi connectivity index (χ4n) is 4.70. The number of phenolic OH excluding ortho intramolecular Hbond substituents is 1. The number of methoxy groups -OCH3 is 1. The van der Waals surface area contributed by atoms with Gasteiger partial charge in [0, 0.05) is 47.2 Å². The minimum absolute atomic E-state index is 0.0883. The van der Waals surface area contributed by atoms with E-state index in [0.29, 0.717) is 59.4 Å². The molecule has 0 spiro atoms. The topological polar surface area (TPSA) is 94.3 Å². The number of nitrogens with zero attached hydrogens (tertiary/aromatic N) is 2. The van der Waals surface area contributed by atoms with Crippen LogP contribution < -0.4 is 4.74 Å². The van der Waals surface area contributed by atoms with Gasteiger partial charge in [-0.15, -0.1) is 0 Å². The van der Waals surface area contributed by atoms with Crippen molar-refractivity contribution in [2.45, 2.75) is 13.0 Å². The number of fused-ring (bicyclic) bond motifs is 3.